The van der Waals surface area contributed by atoms with Gasteiger partial charge in [-0.05, 0) is 49.7 Å². The highest BCUT2D eigenvalue weighted by atomic mass is 19.1. The minimum atomic E-state index is -1.14. The summed E-state index contributed by atoms with van der Waals surface area (Å²) in [4.78, 5) is 16.2. The monoisotopic (exact) mass is 455 g/mol. The Labute approximate surface area is 191 Å². The molecule has 0 saturated heterocycles. The third-order valence-corrected chi connectivity index (χ3v) is 5.38. The van der Waals surface area contributed by atoms with Gasteiger partial charge in [-0.25, -0.2) is 13.6 Å². The van der Waals surface area contributed by atoms with E-state index in [0.29, 0.717) is 28.3 Å². The minimum Gasteiger partial charge on any atom is -0.465 e. The number of carbonyl (C=O) groups excluding carboxylic acids is 1. The van der Waals surface area contributed by atoms with Crippen LogP contribution in [0.15, 0.2) is 48.7 Å². The zero-order valence-corrected chi connectivity index (χ0v) is 19.0. The second-order valence-electron chi connectivity index (χ2n) is 8.04. The van der Waals surface area contributed by atoms with Gasteiger partial charge in [0.05, 0.1) is 30.2 Å². The lowest BCUT2D eigenvalue weighted by Crippen LogP contribution is -2.35. The fourth-order valence-corrected chi connectivity index (χ4v) is 3.77. The largest absolute Gasteiger partial charge is 0.465 e. The van der Waals surface area contributed by atoms with E-state index in [1.807, 2.05) is 6.07 Å². The first kappa shape index (κ1) is 24.0. The van der Waals surface area contributed by atoms with Gasteiger partial charge in [0.1, 0.15) is 11.6 Å². The average molecular weight is 456 g/mol. The van der Waals surface area contributed by atoms with Gasteiger partial charge in [0.2, 0.25) is 0 Å². The number of nitrogens with zero attached hydrogens (tertiary/aromatic N) is 3. The zero-order chi connectivity index (χ0) is 24.0. The maximum absolute atomic E-state index is 14.4. The molecule has 3 aromatic rings. The molecule has 2 N–H and O–H groups in total. The summed E-state index contributed by atoms with van der Waals surface area (Å²) in [5.74, 6) is -0.487. The van der Waals surface area contributed by atoms with Crippen molar-refractivity contribution in [3.8, 4) is 11.3 Å². The van der Waals surface area contributed by atoms with Crippen LogP contribution >= 0.6 is 0 Å². The van der Waals surface area contributed by atoms with Gasteiger partial charge in [-0.2, -0.15) is 0 Å². The van der Waals surface area contributed by atoms with Crippen LogP contribution in [-0.4, -0.2) is 48.0 Å². The summed E-state index contributed by atoms with van der Waals surface area (Å²) in [5, 5.41) is 14.5. The number of alkyl halides is 1. The van der Waals surface area contributed by atoms with E-state index in [9.17, 15) is 13.6 Å². The standard InChI is InChI=1S/C24H27F2N5O2/c1-15(25)13-24(2,22-18(26)6-5-11-28-22)14-29-21-10-9-19(30-31-21)16-7-8-20(27-3)17(12-16)23(32)33-4/h5-12,15,27H,13-14H2,1-4H3,(H,29,31)/t15-,24-/m0/s1. The molecule has 1 aromatic carbocycles. The molecule has 2 atom stereocenters. The molecule has 2 aromatic heterocycles. The molecule has 33 heavy (non-hydrogen) atoms. The molecular weight excluding hydrogens is 428 g/mol. The topological polar surface area (TPSA) is 89.0 Å². The van der Waals surface area contributed by atoms with Crippen molar-refractivity contribution in [2.24, 2.45) is 0 Å². The lowest BCUT2D eigenvalue weighted by molar-refractivity contribution is 0.0602. The molecule has 7 nitrogen and oxygen atoms in total. The van der Waals surface area contributed by atoms with Crippen LogP contribution in [0.25, 0.3) is 11.3 Å². The number of rotatable bonds is 9. The normalized spacial score (nSPS) is 13.6. The van der Waals surface area contributed by atoms with E-state index >= 15 is 0 Å². The molecule has 0 unspecified atom stereocenters. The number of carbonyl (C=O) groups is 1. The molecule has 174 valence electrons. The highest BCUT2D eigenvalue weighted by molar-refractivity contribution is 5.97. The summed E-state index contributed by atoms with van der Waals surface area (Å²) in [6, 6.07) is 11.6. The maximum Gasteiger partial charge on any atom is 0.339 e. The third-order valence-electron chi connectivity index (χ3n) is 5.38. The van der Waals surface area contributed by atoms with Crippen molar-refractivity contribution in [2.75, 3.05) is 31.3 Å². The van der Waals surface area contributed by atoms with Crippen molar-refractivity contribution in [3.05, 3.63) is 65.7 Å². The van der Waals surface area contributed by atoms with Gasteiger partial charge in [-0.3, -0.25) is 4.98 Å². The summed E-state index contributed by atoms with van der Waals surface area (Å²) in [7, 11) is 3.04. The molecule has 9 heteroatoms. The first-order valence-electron chi connectivity index (χ1n) is 10.5. The van der Waals surface area contributed by atoms with Gasteiger partial charge in [0.25, 0.3) is 0 Å². The maximum atomic E-state index is 14.4. The van der Waals surface area contributed by atoms with Crippen LogP contribution in [-0.2, 0) is 10.2 Å². The van der Waals surface area contributed by atoms with Crippen LogP contribution in [0.5, 0.6) is 0 Å². The number of ether oxygens (including phenoxy) is 1. The molecule has 2 heterocycles. The number of anilines is 2. The summed E-state index contributed by atoms with van der Waals surface area (Å²) in [5.41, 5.74) is 1.59. The third kappa shape index (κ3) is 5.60. The Morgan fingerprint density at radius 1 is 1.21 bits per heavy atom. The van der Waals surface area contributed by atoms with Crippen LogP contribution in [0.3, 0.4) is 0 Å². The van der Waals surface area contributed by atoms with Gasteiger partial charge in [0, 0.05) is 36.5 Å². The molecule has 0 radical (unpaired) electrons. The van der Waals surface area contributed by atoms with Crippen molar-refractivity contribution in [3.63, 3.8) is 0 Å². The second-order valence-corrected chi connectivity index (χ2v) is 8.04. The molecule has 3 rings (SSSR count). The summed E-state index contributed by atoms with van der Waals surface area (Å²) in [6.45, 7) is 3.42. The highest BCUT2D eigenvalue weighted by Gasteiger charge is 2.33. The van der Waals surface area contributed by atoms with E-state index in [0.717, 1.165) is 0 Å². The number of hydrogen-bond acceptors (Lipinski definition) is 7. The highest BCUT2D eigenvalue weighted by Crippen LogP contribution is 2.31. The smallest absolute Gasteiger partial charge is 0.339 e. The number of hydrogen-bond donors (Lipinski definition) is 2. The van der Waals surface area contributed by atoms with Crippen LogP contribution in [0.1, 0.15) is 36.3 Å². The van der Waals surface area contributed by atoms with Crippen LogP contribution < -0.4 is 10.6 Å². The van der Waals surface area contributed by atoms with Crippen molar-refractivity contribution in [1.29, 1.82) is 0 Å². The number of benzene rings is 1. The molecule has 0 amide bonds. The van der Waals surface area contributed by atoms with Crippen molar-refractivity contribution in [1.82, 2.24) is 15.2 Å². The summed E-state index contributed by atoms with van der Waals surface area (Å²) < 4.78 is 33.1. The second kappa shape index (κ2) is 10.3. The average Bonchev–Trinajstić information content (AvgIpc) is 2.82. The molecule has 0 saturated carbocycles. The van der Waals surface area contributed by atoms with E-state index in [4.69, 9.17) is 4.74 Å². The number of methoxy groups -OCH3 is 1. The molecule has 0 fully saturated rings. The summed E-state index contributed by atoms with van der Waals surface area (Å²) in [6.07, 6.45) is 0.445. The van der Waals surface area contributed by atoms with E-state index in [1.54, 1.807) is 38.2 Å². The quantitative estimate of drug-likeness (QED) is 0.455. The molecular formula is C24H27F2N5O2. The summed E-state index contributed by atoms with van der Waals surface area (Å²) >= 11 is 0. The Kier molecular flexibility index (Phi) is 7.52. The predicted molar refractivity (Wildman–Crippen MR) is 124 cm³/mol. The molecule has 0 aliphatic rings. The Balaban J connectivity index is 1.80. The van der Waals surface area contributed by atoms with Crippen LogP contribution in [0.2, 0.25) is 0 Å². The van der Waals surface area contributed by atoms with Gasteiger partial charge in [-0.1, -0.05) is 13.0 Å². The van der Waals surface area contributed by atoms with Crippen molar-refractivity contribution in [2.45, 2.75) is 31.9 Å². The number of aromatic nitrogens is 3. The van der Waals surface area contributed by atoms with Crippen molar-refractivity contribution >= 4 is 17.5 Å². The van der Waals surface area contributed by atoms with E-state index < -0.39 is 23.4 Å². The van der Waals surface area contributed by atoms with E-state index in [2.05, 4.69) is 25.8 Å². The Morgan fingerprint density at radius 2 is 2.00 bits per heavy atom. The molecule has 0 bridgehead atoms. The van der Waals surface area contributed by atoms with Gasteiger partial charge < -0.3 is 15.4 Å². The number of halogens is 2. The Hall–Kier alpha value is -3.62. The zero-order valence-electron chi connectivity index (χ0n) is 19.0. The SMILES string of the molecule is CNc1ccc(-c2ccc(NC[C@](C)(C[C@H](C)F)c3ncccc3F)nn2)cc1C(=O)OC. The number of nitrogens with one attached hydrogen (secondary N) is 2. The van der Waals surface area contributed by atoms with Gasteiger partial charge >= 0.3 is 5.97 Å². The van der Waals surface area contributed by atoms with Crippen LogP contribution in [0, 0.1) is 5.82 Å². The lowest BCUT2D eigenvalue weighted by Gasteiger charge is -2.30. The predicted octanol–water partition coefficient (Wildman–Crippen LogP) is 4.62. The van der Waals surface area contributed by atoms with E-state index in [1.165, 1.54) is 32.4 Å². The van der Waals surface area contributed by atoms with Gasteiger partial charge in [0.15, 0.2) is 0 Å². The van der Waals surface area contributed by atoms with Gasteiger partial charge in [-0.15, -0.1) is 10.2 Å². The molecule has 0 spiro atoms. The number of esters is 1. The first-order chi connectivity index (χ1) is 15.8. The number of pyridine rings is 1. The van der Waals surface area contributed by atoms with Crippen molar-refractivity contribution < 1.29 is 18.3 Å². The Bertz CT molecular complexity index is 1110. The lowest BCUT2D eigenvalue weighted by atomic mass is 9.81. The fraction of sp³-hybridized carbons (Fsp3) is 0.333. The van der Waals surface area contributed by atoms with Crippen LogP contribution in [0.4, 0.5) is 20.3 Å². The molecule has 0 aliphatic heterocycles. The molecule has 0 aliphatic carbocycles. The fourth-order valence-electron chi connectivity index (χ4n) is 3.77. The Morgan fingerprint density at radius 3 is 2.61 bits per heavy atom. The van der Waals surface area contributed by atoms with E-state index in [-0.39, 0.29) is 18.7 Å². The minimum absolute atomic E-state index is 0.0908. The first-order valence-corrected chi connectivity index (χ1v) is 10.5.